The number of nitrogens with zero attached hydrogens (tertiary/aromatic N) is 2. The van der Waals surface area contributed by atoms with Gasteiger partial charge in [-0.15, -0.1) is 0 Å². The van der Waals surface area contributed by atoms with Crippen LogP contribution >= 0.6 is 0 Å². The molecule has 1 aliphatic rings. The molecule has 0 aliphatic carbocycles. The molecule has 0 bridgehead atoms. The van der Waals surface area contributed by atoms with Gasteiger partial charge in [0.1, 0.15) is 0 Å². The zero-order valence-electron chi connectivity index (χ0n) is 28.8. The van der Waals surface area contributed by atoms with Gasteiger partial charge in [-0.3, -0.25) is 4.79 Å². The predicted octanol–water partition coefficient (Wildman–Crippen LogP) is 10.2. The van der Waals surface area contributed by atoms with Gasteiger partial charge >= 0.3 is 0 Å². The van der Waals surface area contributed by atoms with Crippen LogP contribution in [-0.4, -0.2) is 26.7 Å². The van der Waals surface area contributed by atoms with Crippen LogP contribution in [0.25, 0.3) is 11.0 Å². The van der Waals surface area contributed by atoms with E-state index < -0.39 is 6.29 Å². The van der Waals surface area contributed by atoms with E-state index in [4.69, 9.17) is 9.47 Å². The molecule has 1 fully saturated rings. The minimum absolute atomic E-state index is 0.00569. The molecular weight excluding hydrogens is 598 g/mol. The van der Waals surface area contributed by atoms with Gasteiger partial charge < -0.3 is 24.5 Å². The minimum Gasteiger partial charge on any atom is -0.392 e. The van der Waals surface area contributed by atoms with Gasteiger partial charge in [0.2, 0.25) is 5.91 Å². The van der Waals surface area contributed by atoms with Gasteiger partial charge in [-0.2, -0.15) is 0 Å². The second-order valence-electron chi connectivity index (χ2n) is 13.4. The molecular formula is C41H55N3O4. The number of aliphatic hydroxyl groups excluding tert-OH is 1. The third-order valence-electron chi connectivity index (χ3n) is 9.49. The molecule has 258 valence electrons. The van der Waals surface area contributed by atoms with E-state index in [1.807, 2.05) is 73.1 Å². The number of rotatable bonds is 20. The number of amides is 1. The molecule has 48 heavy (non-hydrogen) atoms. The molecule has 0 spiro atoms. The van der Waals surface area contributed by atoms with Gasteiger partial charge in [0, 0.05) is 24.1 Å². The topological polar surface area (TPSA) is 85.6 Å². The highest BCUT2D eigenvalue weighted by Crippen LogP contribution is 2.39. The van der Waals surface area contributed by atoms with Gasteiger partial charge in [0.05, 0.1) is 42.7 Å². The molecule has 7 heteroatoms. The van der Waals surface area contributed by atoms with E-state index in [1.165, 1.54) is 70.6 Å². The molecule has 0 saturated carbocycles. The molecule has 5 rings (SSSR count). The van der Waals surface area contributed by atoms with Crippen LogP contribution in [0.4, 0.5) is 5.69 Å². The molecule has 1 aliphatic heterocycles. The van der Waals surface area contributed by atoms with Crippen LogP contribution in [0.15, 0.2) is 79.1 Å². The fourth-order valence-electron chi connectivity index (χ4n) is 6.70. The average Bonchev–Trinajstić information content (AvgIpc) is 3.52. The van der Waals surface area contributed by atoms with E-state index in [0.29, 0.717) is 19.4 Å². The summed E-state index contributed by atoms with van der Waals surface area (Å²) in [6, 6.07) is 23.9. The normalized spacial score (nSPS) is 17.9. The number of nitrogens with one attached hydrogen (secondary N) is 1. The summed E-state index contributed by atoms with van der Waals surface area (Å²) in [5.74, 6) is 0.0485. The van der Waals surface area contributed by atoms with Crippen LogP contribution in [0.3, 0.4) is 0 Å². The number of para-hydroxylation sites is 2. The van der Waals surface area contributed by atoms with Crippen LogP contribution in [0.2, 0.25) is 0 Å². The largest absolute Gasteiger partial charge is 0.392 e. The van der Waals surface area contributed by atoms with Crippen LogP contribution in [0, 0.1) is 0 Å². The van der Waals surface area contributed by atoms with E-state index in [-0.39, 0.29) is 24.7 Å². The first kappa shape index (κ1) is 35.8. The van der Waals surface area contributed by atoms with Crippen LogP contribution in [0.5, 0.6) is 0 Å². The maximum atomic E-state index is 12.8. The van der Waals surface area contributed by atoms with E-state index in [0.717, 1.165) is 46.3 Å². The highest BCUT2D eigenvalue weighted by Gasteiger charge is 2.33. The Labute approximate surface area is 287 Å². The Morgan fingerprint density at radius 3 is 2.21 bits per heavy atom. The summed E-state index contributed by atoms with van der Waals surface area (Å²) in [6.45, 7) is 2.92. The summed E-state index contributed by atoms with van der Waals surface area (Å²) < 4.78 is 15.3. The lowest BCUT2D eigenvalue weighted by atomic mass is 10.00. The Balaban J connectivity index is 1.11. The summed E-state index contributed by atoms with van der Waals surface area (Å²) in [7, 11) is 0. The zero-order chi connectivity index (χ0) is 33.4. The van der Waals surface area contributed by atoms with E-state index in [2.05, 4.69) is 27.9 Å². The smallest absolute Gasteiger partial charge is 0.224 e. The molecule has 7 nitrogen and oxygen atoms in total. The Bertz CT molecular complexity index is 1520. The van der Waals surface area contributed by atoms with Gasteiger partial charge in [-0.1, -0.05) is 133 Å². The average molecular weight is 654 g/mol. The minimum atomic E-state index is -0.598. The summed E-state index contributed by atoms with van der Waals surface area (Å²) in [5, 5.41) is 12.6. The Morgan fingerprint density at radius 1 is 0.812 bits per heavy atom. The Hall–Kier alpha value is -3.52. The summed E-state index contributed by atoms with van der Waals surface area (Å²) in [4.78, 5) is 17.4. The number of carbonyl (C=O) groups is 1. The van der Waals surface area contributed by atoms with Crippen molar-refractivity contribution in [2.75, 3.05) is 5.32 Å². The summed E-state index contributed by atoms with van der Waals surface area (Å²) >= 11 is 0. The van der Waals surface area contributed by atoms with Crippen molar-refractivity contribution in [1.82, 2.24) is 9.55 Å². The van der Waals surface area contributed by atoms with Gasteiger partial charge in [0.15, 0.2) is 6.29 Å². The quantitative estimate of drug-likeness (QED) is 0.0927. The number of fused-ring (bicyclic) bond motifs is 1. The molecule has 3 unspecified atom stereocenters. The maximum Gasteiger partial charge on any atom is 0.224 e. The lowest BCUT2D eigenvalue weighted by Crippen LogP contribution is -2.32. The van der Waals surface area contributed by atoms with Crippen LogP contribution < -0.4 is 5.32 Å². The first-order chi connectivity index (χ1) is 23.6. The van der Waals surface area contributed by atoms with Gasteiger partial charge in [-0.05, 0) is 41.8 Å². The number of anilines is 1. The number of hydrogen-bond acceptors (Lipinski definition) is 5. The highest BCUT2D eigenvalue weighted by atomic mass is 16.7. The molecule has 1 aromatic heterocycles. The number of imidazole rings is 1. The molecule has 2 heterocycles. The fourth-order valence-corrected chi connectivity index (χ4v) is 6.70. The van der Waals surface area contributed by atoms with Crippen molar-refractivity contribution in [3.05, 3.63) is 95.8 Å². The Kier molecular flexibility index (Phi) is 14.5. The number of carbonyl (C=O) groups excluding carboxylic acids is 1. The first-order valence-electron chi connectivity index (χ1n) is 18.4. The fraction of sp³-hybridized carbons (Fsp3) is 0.512. The number of ether oxygens (including phenoxy) is 2. The van der Waals surface area contributed by atoms with Gasteiger partial charge in [-0.25, -0.2) is 4.98 Å². The third kappa shape index (κ3) is 11.0. The molecule has 3 atom stereocenters. The van der Waals surface area contributed by atoms with Crippen LogP contribution in [-0.2, 0) is 27.4 Å². The number of aromatic nitrogens is 2. The van der Waals surface area contributed by atoms with Crippen molar-refractivity contribution < 1.29 is 19.4 Å². The maximum absolute atomic E-state index is 12.8. The SMILES string of the molecule is CCCCCCCCCCCCCCCC(=O)Nc1cccc(C2OC(Cn3cnc4ccccc43)CC(c3ccc(CO)cc3)O2)c1. The number of hydrogen-bond donors (Lipinski definition) is 2. The zero-order valence-corrected chi connectivity index (χ0v) is 28.8. The third-order valence-corrected chi connectivity index (χ3v) is 9.49. The Morgan fingerprint density at radius 2 is 1.50 bits per heavy atom. The van der Waals surface area contributed by atoms with E-state index in [1.54, 1.807) is 0 Å². The second kappa shape index (κ2) is 19.5. The molecule has 2 N–H and O–H groups in total. The summed E-state index contributed by atoms with van der Waals surface area (Å²) in [5.41, 5.74) is 5.56. The van der Waals surface area contributed by atoms with E-state index >= 15 is 0 Å². The molecule has 0 radical (unpaired) electrons. The van der Waals surface area contributed by atoms with Crippen molar-refractivity contribution in [2.24, 2.45) is 0 Å². The first-order valence-corrected chi connectivity index (χ1v) is 18.4. The number of benzene rings is 3. The lowest BCUT2D eigenvalue weighted by molar-refractivity contribution is -0.252. The monoisotopic (exact) mass is 653 g/mol. The molecule has 3 aromatic carbocycles. The van der Waals surface area contributed by atoms with E-state index in [9.17, 15) is 9.90 Å². The number of aliphatic hydroxyl groups is 1. The number of unbranched alkanes of at least 4 members (excludes halogenated alkanes) is 12. The van der Waals surface area contributed by atoms with Crippen molar-refractivity contribution >= 4 is 22.6 Å². The molecule has 1 amide bonds. The second-order valence-corrected chi connectivity index (χ2v) is 13.4. The highest BCUT2D eigenvalue weighted by molar-refractivity contribution is 5.90. The van der Waals surface area contributed by atoms with Crippen molar-refractivity contribution in [2.45, 2.75) is 135 Å². The standard InChI is InChI=1S/C41H55N3O4/c1-2-3-4-5-6-7-8-9-10-11-12-13-14-22-40(46)43-35-19-17-18-34(27-35)41-47-36(29-44-31-42-37-20-15-16-21-38(37)44)28-39(48-41)33-25-23-32(30-45)24-26-33/h15-21,23-27,31,36,39,41,45H,2-14,22,28-30H2,1H3,(H,43,46). The summed E-state index contributed by atoms with van der Waals surface area (Å²) in [6.07, 6.45) is 18.9. The molecule has 1 saturated heterocycles. The molecule has 4 aromatic rings. The lowest BCUT2D eigenvalue weighted by Gasteiger charge is -2.36. The van der Waals surface area contributed by atoms with Crippen molar-refractivity contribution in [1.29, 1.82) is 0 Å². The van der Waals surface area contributed by atoms with Crippen molar-refractivity contribution in [3.8, 4) is 0 Å². The van der Waals surface area contributed by atoms with Crippen LogP contribution in [0.1, 0.15) is 132 Å². The van der Waals surface area contributed by atoms with Gasteiger partial charge in [0.25, 0.3) is 0 Å². The van der Waals surface area contributed by atoms with Crippen molar-refractivity contribution in [3.63, 3.8) is 0 Å². The predicted molar refractivity (Wildman–Crippen MR) is 194 cm³/mol.